The molecule has 6 aliphatic heterocycles. The molecule has 0 saturated carbocycles. The Morgan fingerprint density at radius 1 is 0.309 bits per heavy atom. The van der Waals surface area contributed by atoms with Crippen molar-refractivity contribution in [3.05, 3.63) is 0 Å². The summed E-state index contributed by atoms with van der Waals surface area (Å²) in [6.07, 6.45) is -61.4. The normalized spacial score (nSPS) is 52.7. The van der Waals surface area contributed by atoms with E-state index >= 15 is 0 Å². The van der Waals surface area contributed by atoms with Gasteiger partial charge in [0.2, 0.25) is 0 Å². The second-order valence-electron chi connectivity index (χ2n) is 16.8. The first-order valence-corrected chi connectivity index (χ1v) is 21.1. The number of hydrogen-bond acceptors (Lipinski definition) is 31. The van der Waals surface area contributed by atoms with Gasteiger partial charge >= 0.3 is 5.97 Å². The number of carbonyl (C=O) groups is 1. The van der Waals surface area contributed by atoms with Gasteiger partial charge < -0.3 is 154 Å². The van der Waals surface area contributed by atoms with Crippen molar-refractivity contribution in [3.8, 4) is 0 Å². The maximum Gasteiger partial charge on any atom is 0.335 e. The molecule has 32 heteroatoms. The topological polar surface area (TPSA) is 523 Å². The predicted octanol–water partition coefficient (Wildman–Crippen LogP) is -14.0. The van der Waals surface area contributed by atoms with Crippen LogP contribution in [0.15, 0.2) is 0 Å². The molecule has 396 valence electrons. The van der Waals surface area contributed by atoms with Crippen molar-refractivity contribution in [2.75, 3.05) is 33.0 Å². The second-order valence-corrected chi connectivity index (χ2v) is 16.8. The quantitative estimate of drug-likeness (QED) is 0.0683. The minimum atomic E-state index is -2.35. The molecule has 0 spiro atoms. The third-order valence-corrected chi connectivity index (χ3v) is 12.4. The summed E-state index contributed by atoms with van der Waals surface area (Å²) >= 11 is 0. The van der Waals surface area contributed by atoms with Crippen molar-refractivity contribution in [1.29, 1.82) is 0 Å². The van der Waals surface area contributed by atoms with E-state index in [2.05, 4.69) is 0 Å². The Kier molecular flexibility index (Phi) is 19.2. The third-order valence-electron chi connectivity index (χ3n) is 12.4. The van der Waals surface area contributed by atoms with Gasteiger partial charge in [-0.3, -0.25) is 0 Å². The van der Waals surface area contributed by atoms with Crippen LogP contribution in [0.4, 0.5) is 0 Å². The van der Waals surface area contributed by atoms with Crippen LogP contribution < -0.4 is 0 Å². The van der Waals surface area contributed by atoms with E-state index in [1.54, 1.807) is 0 Å². The fourth-order valence-corrected chi connectivity index (χ4v) is 8.49. The van der Waals surface area contributed by atoms with E-state index in [4.69, 9.17) is 52.1 Å². The minimum absolute atomic E-state index is 0.866. The van der Waals surface area contributed by atoms with Gasteiger partial charge in [0.15, 0.2) is 43.8 Å². The van der Waals surface area contributed by atoms with E-state index in [1.165, 1.54) is 0 Å². The lowest BCUT2D eigenvalue weighted by Gasteiger charge is -2.51. The second kappa shape index (κ2) is 23.4. The molecule has 0 aromatic heterocycles. The van der Waals surface area contributed by atoms with Crippen LogP contribution >= 0.6 is 0 Å². The molecule has 32 nitrogen and oxygen atoms in total. The standard InChI is InChI=1S/C36H60O32/c37-1-6-11(42)13(44)19(50)32(59-6)63-25-9(4-40)61-33(21(52)17(25)48)66-27-12(43)7(2-38)60-35(22(27)53)65-26-10(5-41)62-36(64-24-8(3-39)58-31(57)18(49)16(24)47)23(54)28(26)67-34-20(51)14(45)15(46)29(68-34)30(55)56/h6-29,31-54,57H,1-5H2,(H,55,56)/t6-,7-,8-,9-,10-,11-,12-,13+,14+,15+,16-,17-,18-,19+,20-,21-,22-,23+,24-,25-,26-,27+,28-,29+,31+,32+,33-,34+,35+,36+/m1/s1. The number of carboxylic acid groups (broad SMARTS) is 1. The summed E-state index contributed by atoms with van der Waals surface area (Å²) in [5.74, 6) is -1.87. The molecule has 0 amide bonds. The maximum absolute atomic E-state index is 11.9. The van der Waals surface area contributed by atoms with Gasteiger partial charge in [0.05, 0.1) is 33.0 Å². The molecule has 0 aromatic carbocycles. The maximum atomic E-state index is 11.9. The number of ether oxygens (including phenoxy) is 11. The molecule has 6 rings (SSSR count). The van der Waals surface area contributed by atoms with Gasteiger partial charge in [-0.05, 0) is 0 Å². The number of aliphatic hydroxyl groups excluding tert-OH is 19. The van der Waals surface area contributed by atoms with E-state index in [0.29, 0.717) is 0 Å². The van der Waals surface area contributed by atoms with Crippen LogP contribution in [0.3, 0.4) is 0 Å². The molecule has 6 heterocycles. The molecule has 0 unspecified atom stereocenters. The number of rotatable bonds is 16. The van der Waals surface area contributed by atoms with Gasteiger partial charge in [-0.1, -0.05) is 0 Å². The van der Waals surface area contributed by atoms with Crippen molar-refractivity contribution < 1.29 is 159 Å². The highest BCUT2D eigenvalue weighted by molar-refractivity contribution is 5.73. The smallest absolute Gasteiger partial charge is 0.335 e. The summed E-state index contributed by atoms with van der Waals surface area (Å²) in [5.41, 5.74) is 0. The first-order chi connectivity index (χ1) is 32.1. The molecule has 0 aliphatic carbocycles. The third kappa shape index (κ3) is 11.1. The Hall–Kier alpha value is -1.73. The van der Waals surface area contributed by atoms with E-state index < -0.39 is 223 Å². The highest BCUT2D eigenvalue weighted by Gasteiger charge is 2.58. The van der Waals surface area contributed by atoms with Crippen LogP contribution in [0.2, 0.25) is 0 Å². The first-order valence-electron chi connectivity index (χ1n) is 21.1. The minimum Gasteiger partial charge on any atom is -0.479 e. The zero-order valence-corrected chi connectivity index (χ0v) is 35.2. The lowest BCUT2D eigenvalue weighted by atomic mass is 9.94. The Morgan fingerprint density at radius 3 is 1.15 bits per heavy atom. The molecule has 0 bridgehead atoms. The lowest BCUT2D eigenvalue weighted by molar-refractivity contribution is -0.405. The van der Waals surface area contributed by atoms with Gasteiger partial charge in [0.1, 0.15) is 140 Å². The molecule has 0 aromatic rings. The molecular formula is C36H60O32. The summed E-state index contributed by atoms with van der Waals surface area (Å²) in [5, 5.41) is 210. The lowest BCUT2D eigenvalue weighted by Crippen LogP contribution is -2.69. The van der Waals surface area contributed by atoms with Gasteiger partial charge in [-0.2, -0.15) is 0 Å². The van der Waals surface area contributed by atoms with Crippen LogP contribution in [0.1, 0.15) is 0 Å². The van der Waals surface area contributed by atoms with E-state index in [9.17, 15) is 107 Å². The van der Waals surface area contributed by atoms with Crippen LogP contribution in [0.5, 0.6) is 0 Å². The van der Waals surface area contributed by atoms with Gasteiger partial charge in [-0.25, -0.2) is 4.79 Å². The molecule has 20 N–H and O–H groups in total. The van der Waals surface area contributed by atoms with Crippen molar-refractivity contribution in [1.82, 2.24) is 0 Å². The predicted molar refractivity (Wildman–Crippen MR) is 200 cm³/mol. The highest BCUT2D eigenvalue weighted by atomic mass is 16.8. The Balaban J connectivity index is 1.25. The number of hydrogen-bond donors (Lipinski definition) is 20. The van der Waals surface area contributed by atoms with E-state index in [1.807, 2.05) is 0 Å². The molecule has 30 atom stereocenters. The SMILES string of the molecule is O=C(O)[C@H]1O[C@H](O[C@@H]2[C@H](O)[C@H](O[C@H]3[C@H](O)[C@@H](O)[C@@H](O)O[C@@H]3CO)O[C@H](CO)[C@H]2O[C@@H]2O[C@H](CO)[C@@H](O)[C@H](O[C@H]3O[C@H](CO)[C@@H](O[C@@H]4O[C@H](CO)[C@@H](O)[C@H](O)[C@@H]4O)[C@H](O)[C@H]3O)[C@H]2O)[C@H](O)[C@@H](O)[C@@H]1O. The van der Waals surface area contributed by atoms with Crippen molar-refractivity contribution in [2.24, 2.45) is 0 Å². The molecule has 6 fully saturated rings. The Bertz CT molecular complexity index is 1580. The monoisotopic (exact) mass is 1000 g/mol. The average Bonchev–Trinajstić information content (AvgIpc) is 3.32. The molecule has 6 aliphatic rings. The van der Waals surface area contributed by atoms with Crippen molar-refractivity contribution in [3.63, 3.8) is 0 Å². The average molecular weight is 1000 g/mol. The van der Waals surface area contributed by atoms with Crippen LogP contribution in [-0.4, -0.2) is 325 Å². The van der Waals surface area contributed by atoms with Crippen LogP contribution in [-0.2, 0) is 56.9 Å². The summed E-state index contributed by atoms with van der Waals surface area (Å²) in [7, 11) is 0. The molecule has 68 heavy (non-hydrogen) atoms. The number of carboxylic acids is 1. The Labute approximate surface area is 382 Å². The number of aliphatic carboxylic acids is 1. The fourth-order valence-electron chi connectivity index (χ4n) is 8.49. The summed E-state index contributed by atoms with van der Waals surface area (Å²) in [4.78, 5) is 11.9. The summed E-state index contributed by atoms with van der Waals surface area (Å²) < 4.78 is 61.0. The summed E-state index contributed by atoms with van der Waals surface area (Å²) in [6.45, 7) is -5.12. The zero-order valence-electron chi connectivity index (χ0n) is 35.2. The van der Waals surface area contributed by atoms with Crippen LogP contribution in [0.25, 0.3) is 0 Å². The number of aliphatic hydroxyl groups is 19. The largest absolute Gasteiger partial charge is 0.479 e. The van der Waals surface area contributed by atoms with Crippen molar-refractivity contribution >= 4 is 5.97 Å². The van der Waals surface area contributed by atoms with Gasteiger partial charge in [0, 0.05) is 0 Å². The van der Waals surface area contributed by atoms with Crippen molar-refractivity contribution in [2.45, 2.75) is 184 Å². The summed E-state index contributed by atoms with van der Waals surface area (Å²) in [6, 6.07) is 0. The highest BCUT2D eigenvalue weighted by Crippen LogP contribution is 2.37. The van der Waals surface area contributed by atoms with Gasteiger partial charge in [-0.15, -0.1) is 0 Å². The van der Waals surface area contributed by atoms with E-state index in [0.717, 1.165) is 0 Å². The zero-order chi connectivity index (χ0) is 50.2. The Morgan fingerprint density at radius 2 is 0.647 bits per heavy atom. The molecular weight excluding hydrogens is 944 g/mol. The molecule has 0 radical (unpaired) electrons. The van der Waals surface area contributed by atoms with E-state index in [-0.39, 0.29) is 0 Å². The fraction of sp³-hybridized carbons (Fsp3) is 0.972. The molecule has 6 saturated heterocycles. The first kappa shape index (κ1) is 55.6. The van der Waals surface area contributed by atoms with Gasteiger partial charge in [0.25, 0.3) is 0 Å². The van der Waals surface area contributed by atoms with Crippen LogP contribution in [0, 0.1) is 0 Å².